The fourth-order valence-corrected chi connectivity index (χ4v) is 6.37. The molecule has 0 aliphatic carbocycles. The minimum Gasteiger partial charge on any atom is -0.368 e. The van der Waals surface area contributed by atoms with E-state index in [0.717, 1.165) is 61.1 Å². The van der Waals surface area contributed by atoms with E-state index in [4.69, 9.17) is 0 Å². The second-order valence-corrected chi connectivity index (χ2v) is 10.8. The third kappa shape index (κ3) is 5.14. The number of carbonyl (C=O) groups is 1. The van der Waals surface area contributed by atoms with Crippen LogP contribution >= 0.6 is 0 Å². The Bertz CT molecular complexity index is 1080. The van der Waals surface area contributed by atoms with E-state index < -0.39 is 0 Å². The van der Waals surface area contributed by atoms with Crippen molar-refractivity contribution in [2.45, 2.75) is 38.6 Å². The van der Waals surface area contributed by atoms with E-state index in [1.54, 1.807) is 6.20 Å². The fourth-order valence-electron chi connectivity index (χ4n) is 6.37. The van der Waals surface area contributed by atoms with Crippen molar-refractivity contribution in [3.05, 3.63) is 36.0 Å². The van der Waals surface area contributed by atoms with Gasteiger partial charge >= 0.3 is 0 Å². The summed E-state index contributed by atoms with van der Waals surface area (Å²) >= 11 is 0. The highest BCUT2D eigenvalue weighted by Crippen LogP contribution is 2.33. The first-order valence-electron chi connectivity index (χ1n) is 13.3. The molecule has 3 aliphatic rings. The molecule has 1 amide bonds. The number of aromatic nitrogens is 1. The minimum absolute atomic E-state index is 0.284. The van der Waals surface area contributed by atoms with Crippen LogP contribution in [-0.2, 0) is 4.79 Å². The van der Waals surface area contributed by atoms with E-state index in [0.29, 0.717) is 18.0 Å². The lowest BCUT2D eigenvalue weighted by atomic mass is 9.79. The van der Waals surface area contributed by atoms with Gasteiger partial charge in [0.15, 0.2) is 0 Å². The number of likely N-dealkylation sites (tertiary alicyclic amines) is 2. The van der Waals surface area contributed by atoms with Gasteiger partial charge in [0.25, 0.3) is 0 Å². The Morgan fingerprint density at radius 1 is 1.03 bits per heavy atom. The molecule has 1 aromatic heterocycles. The molecule has 3 aliphatic heterocycles. The summed E-state index contributed by atoms with van der Waals surface area (Å²) in [6.45, 7) is 9.63. The van der Waals surface area contributed by atoms with Gasteiger partial charge in [-0.25, -0.2) is 0 Å². The first-order chi connectivity index (χ1) is 17.0. The Morgan fingerprint density at radius 3 is 2.43 bits per heavy atom. The molecule has 0 bridgehead atoms. The van der Waals surface area contributed by atoms with Gasteiger partial charge in [0.05, 0.1) is 17.6 Å². The van der Waals surface area contributed by atoms with Crippen LogP contribution in [0, 0.1) is 23.2 Å². The molecule has 2 aromatic rings. The van der Waals surface area contributed by atoms with Crippen LogP contribution < -0.4 is 4.90 Å². The molecule has 5 rings (SSSR count). The van der Waals surface area contributed by atoms with Gasteiger partial charge in [-0.05, 0) is 88.8 Å². The lowest BCUT2D eigenvalue weighted by Gasteiger charge is -2.43. The van der Waals surface area contributed by atoms with E-state index >= 15 is 0 Å². The number of fused-ring (bicyclic) bond motifs is 1. The summed E-state index contributed by atoms with van der Waals surface area (Å²) in [4.78, 5) is 26.9. The lowest BCUT2D eigenvalue weighted by Crippen LogP contribution is -2.55. The van der Waals surface area contributed by atoms with Crippen LogP contribution in [0.2, 0.25) is 0 Å². The third-order valence-electron chi connectivity index (χ3n) is 8.63. The summed E-state index contributed by atoms with van der Waals surface area (Å²) in [5.41, 5.74) is 2.50. The van der Waals surface area contributed by atoms with Gasteiger partial charge in [0, 0.05) is 56.0 Å². The minimum atomic E-state index is 0.284. The van der Waals surface area contributed by atoms with E-state index in [1.165, 1.54) is 38.8 Å². The number of pyridine rings is 1. The monoisotopic (exact) mass is 474 g/mol. The molecule has 35 heavy (non-hydrogen) atoms. The molecule has 186 valence electrons. The molecule has 7 heteroatoms. The maximum Gasteiger partial charge on any atom is 0.236 e. The number of nitrogens with zero attached hydrogens (tertiary/aromatic N) is 6. The van der Waals surface area contributed by atoms with Gasteiger partial charge in [0.1, 0.15) is 6.07 Å². The summed E-state index contributed by atoms with van der Waals surface area (Å²) in [6, 6.07) is 10.4. The standard InChI is InChI=1S/C28H38N6O/c1-21-19-34(26-6-5-24(18-29)28-25(26)4-3-11-30-28)17-16-33(21)20-27(35)32-14-9-23(10-15-32)22-7-12-31(2)13-8-22/h3-6,11,21-23H,7-10,12-17,19-20H2,1-2H3/t21-/m0/s1. The van der Waals surface area contributed by atoms with E-state index in [2.05, 4.69) is 44.6 Å². The smallest absolute Gasteiger partial charge is 0.236 e. The number of hydrogen-bond donors (Lipinski definition) is 0. The van der Waals surface area contributed by atoms with Gasteiger partial charge < -0.3 is 14.7 Å². The molecule has 1 aromatic carbocycles. The summed E-state index contributed by atoms with van der Waals surface area (Å²) in [7, 11) is 2.22. The van der Waals surface area contributed by atoms with Gasteiger partial charge in [-0.1, -0.05) is 0 Å². The second-order valence-electron chi connectivity index (χ2n) is 10.8. The summed E-state index contributed by atoms with van der Waals surface area (Å²) in [5.74, 6) is 1.94. The summed E-state index contributed by atoms with van der Waals surface area (Å²) in [6.07, 6.45) is 6.73. The molecule has 0 radical (unpaired) electrons. The lowest BCUT2D eigenvalue weighted by molar-refractivity contribution is -0.134. The zero-order chi connectivity index (χ0) is 24.4. The molecule has 0 N–H and O–H groups in total. The molecular formula is C28H38N6O. The van der Waals surface area contributed by atoms with Gasteiger partial charge in [-0.3, -0.25) is 14.7 Å². The number of anilines is 1. The van der Waals surface area contributed by atoms with Crippen molar-refractivity contribution in [1.82, 2.24) is 19.7 Å². The van der Waals surface area contributed by atoms with Crippen molar-refractivity contribution in [3.63, 3.8) is 0 Å². The Morgan fingerprint density at radius 2 is 1.74 bits per heavy atom. The van der Waals surface area contributed by atoms with Crippen molar-refractivity contribution in [1.29, 1.82) is 5.26 Å². The van der Waals surface area contributed by atoms with Crippen molar-refractivity contribution in [2.24, 2.45) is 11.8 Å². The van der Waals surface area contributed by atoms with Crippen LogP contribution in [-0.4, -0.2) is 91.0 Å². The fraction of sp³-hybridized carbons (Fsp3) is 0.607. The number of rotatable bonds is 4. The van der Waals surface area contributed by atoms with Crippen LogP contribution in [0.3, 0.4) is 0 Å². The van der Waals surface area contributed by atoms with Crippen molar-refractivity contribution in [2.75, 3.05) is 64.3 Å². The Labute approximate surface area is 209 Å². The Hall–Kier alpha value is -2.69. The van der Waals surface area contributed by atoms with Gasteiger partial charge in [-0.15, -0.1) is 0 Å². The molecule has 0 unspecified atom stereocenters. The Kier molecular flexibility index (Phi) is 7.22. The summed E-state index contributed by atoms with van der Waals surface area (Å²) < 4.78 is 0. The van der Waals surface area contributed by atoms with Gasteiger partial charge in [0.2, 0.25) is 5.91 Å². The van der Waals surface area contributed by atoms with E-state index in [1.807, 2.05) is 24.3 Å². The SMILES string of the molecule is C[C@H]1CN(c2ccc(C#N)c3ncccc23)CCN1CC(=O)N1CCC(C2CCN(C)CC2)CC1. The van der Waals surface area contributed by atoms with E-state index in [-0.39, 0.29) is 6.04 Å². The van der Waals surface area contributed by atoms with Crippen molar-refractivity contribution >= 4 is 22.5 Å². The molecule has 1 atom stereocenters. The van der Waals surface area contributed by atoms with E-state index in [9.17, 15) is 10.1 Å². The summed E-state index contributed by atoms with van der Waals surface area (Å²) in [5, 5.41) is 10.5. The van der Waals surface area contributed by atoms with Crippen LogP contribution in [0.4, 0.5) is 5.69 Å². The average molecular weight is 475 g/mol. The number of piperazine rings is 1. The zero-order valence-corrected chi connectivity index (χ0v) is 21.2. The molecular weight excluding hydrogens is 436 g/mol. The number of hydrogen-bond acceptors (Lipinski definition) is 6. The highest BCUT2D eigenvalue weighted by atomic mass is 16.2. The third-order valence-corrected chi connectivity index (χ3v) is 8.63. The topological polar surface area (TPSA) is 66.7 Å². The number of benzene rings is 1. The quantitative estimate of drug-likeness (QED) is 0.678. The maximum atomic E-state index is 13.2. The Balaban J connectivity index is 1.15. The number of nitriles is 1. The second kappa shape index (κ2) is 10.5. The molecule has 3 saturated heterocycles. The van der Waals surface area contributed by atoms with Gasteiger partial charge in [-0.2, -0.15) is 5.26 Å². The normalized spacial score (nSPS) is 23.5. The van der Waals surface area contributed by atoms with Crippen LogP contribution in [0.1, 0.15) is 38.2 Å². The molecule has 3 fully saturated rings. The number of piperidine rings is 2. The number of amides is 1. The van der Waals surface area contributed by atoms with Crippen molar-refractivity contribution < 1.29 is 4.79 Å². The molecule has 0 spiro atoms. The molecule has 0 saturated carbocycles. The van der Waals surface area contributed by atoms with Crippen LogP contribution in [0.15, 0.2) is 30.5 Å². The largest absolute Gasteiger partial charge is 0.368 e. The average Bonchev–Trinajstić information content (AvgIpc) is 2.89. The first kappa shape index (κ1) is 24.0. The highest BCUT2D eigenvalue weighted by molar-refractivity contribution is 5.95. The molecule has 4 heterocycles. The van der Waals surface area contributed by atoms with Crippen LogP contribution in [0.25, 0.3) is 10.9 Å². The number of carbonyl (C=O) groups excluding carboxylic acids is 1. The highest BCUT2D eigenvalue weighted by Gasteiger charge is 2.32. The van der Waals surface area contributed by atoms with Crippen molar-refractivity contribution in [3.8, 4) is 6.07 Å². The van der Waals surface area contributed by atoms with Crippen LogP contribution in [0.5, 0.6) is 0 Å². The predicted molar refractivity (Wildman–Crippen MR) is 139 cm³/mol. The first-order valence-corrected chi connectivity index (χ1v) is 13.3. The zero-order valence-electron chi connectivity index (χ0n) is 21.2. The molecule has 7 nitrogen and oxygen atoms in total. The maximum absolute atomic E-state index is 13.2. The predicted octanol–water partition coefficient (Wildman–Crippen LogP) is 3.20.